The first-order valence-electron chi connectivity index (χ1n) is 7.87. The van der Waals surface area contributed by atoms with E-state index in [-0.39, 0.29) is 0 Å². The Hall–Kier alpha value is -0.340. The van der Waals surface area contributed by atoms with Crippen molar-refractivity contribution in [1.82, 2.24) is 0 Å². The first-order chi connectivity index (χ1) is 9.57. The summed E-state index contributed by atoms with van der Waals surface area (Å²) in [4.78, 5) is 0. The van der Waals surface area contributed by atoms with Crippen LogP contribution in [-0.4, -0.2) is 13.2 Å². The van der Waals surface area contributed by atoms with Crippen molar-refractivity contribution in [1.29, 1.82) is 0 Å². The molecule has 1 spiro atoms. The molecule has 0 radical (unpaired) electrons. The van der Waals surface area contributed by atoms with Gasteiger partial charge in [0.1, 0.15) is 0 Å². The summed E-state index contributed by atoms with van der Waals surface area (Å²) in [5, 5.41) is 0. The van der Waals surface area contributed by atoms with Crippen LogP contribution in [-0.2, 0) is 17.6 Å². The van der Waals surface area contributed by atoms with Crippen LogP contribution in [0.15, 0.2) is 22.7 Å². The van der Waals surface area contributed by atoms with Gasteiger partial charge in [0, 0.05) is 11.6 Å². The third-order valence-electron chi connectivity index (χ3n) is 5.57. The van der Waals surface area contributed by atoms with Crippen LogP contribution >= 0.6 is 15.9 Å². The number of fused-ring (bicyclic) bond motifs is 1. The zero-order valence-electron chi connectivity index (χ0n) is 12.8. The van der Waals surface area contributed by atoms with E-state index >= 15 is 0 Å². The molecule has 4 atom stereocenters. The minimum atomic E-state index is 0.459. The number of halogens is 1. The highest BCUT2D eigenvalue weighted by Crippen LogP contribution is 2.52. The molecule has 0 unspecified atom stereocenters. The Morgan fingerprint density at radius 1 is 1.25 bits per heavy atom. The topological polar surface area (TPSA) is 9.23 Å². The summed E-state index contributed by atoms with van der Waals surface area (Å²) in [5.41, 5.74) is 3.64. The molecule has 2 aliphatic carbocycles. The standard InChI is InChI=1S/C18H25BrO/c1-4-13-9-18(8-12(2)17(13)20-3)10-14-5-6-16(19)7-15(14)11-18/h5-7,12-13,17H,4,8-11H2,1-3H3/t12-,13+,17+,18+/m0/s1. The van der Waals surface area contributed by atoms with Gasteiger partial charge in [-0.05, 0) is 66.2 Å². The van der Waals surface area contributed by atoms with Crippen LogP contribution in [0.2, 0.25) is 0 Å². The minimum Gasteiger partial charge on any atom is -0.381 e. The maximum absolute atomic E-state index is 5.80. The van der Waals surface area contributed by atoms with Crippen LogP contribution in [0.1, 0.15) is 44.2 Å². The van der Waals surface area contributed by atoms with E-state index in [1.807, 2.05) is 7.11 Å². The molecule has 0 saturated heterocycles. The second-order valence-corrected chi connectivity index (χ2v) is 7.94. The molecular weight excluding hydrogens is 312 g/mol. The molecule has 0 aromatic heterocycles. The summed E-state index contributed by atoms with van der Waals surface area (Å²) >= 11 is 3.62. The van der Waals surface area contributed by atoms with Gasteiger partial charge < -0.3 is 4.74 Å². The van der Waals surface area contributed by atoms with Crippen LogP contribution in [0.3, 0.4) is 0 Å². The van der Waals surface area contributed by atoms with Crippen molar-refractivity contribution in [2.24, 2.45) is 17.3 Å². The lowest BCUT2D eigenvalue weighted by atomic mass is 9.62. The molecule has 2 aliphatic rings. The summed E-state index contributed by atoms with van der Waals surface area (Å²) in [6.45, 7) is 4.71. The van der Waals surface area contributed by atoms with Gasteiger partial charge in [-0.2, -0.15) is 0 Å². The van der Waals surface area contributed by atoms with E-state index in [0.29, 0.717) is 17.4 Å². The van der Waals surface area contributed by atoms with Gasteiger partial charge in [-0.15, -0.1) is 0 Å². The third kappa shape index (κ3) is 2.46. The average molecular weight is 337 g/mol. The summed E-state index contributed by atoms with van der Waals surface area (Å²) in [6.07, 6.45) is 6.88. The van der Waals surface area contributed by atoms with Gasteiger partial charge in [0.2, 0.25) is 0 Å². The Labute approximate surface area is 131 Å². The van der Waals surface area contributed by atoms with E-state index in [4.69, 9.17) is 4.74 Å². The maximum atomic E-state index is 5.80. The molecule has 1 aromatic carbocycles. The van der Waals surface area contributed by atoms with Gasteiger partial charge in [0.05, 0.1) is 6.10 Å². The maximum Gasteiger partial charge on any atom is 0.0625 e. The highest BCUT2D eigenvalue weighted by molar-refractivity contribution is 9.10. The van der Waals surface area contributed by atoms with Crippen LogP contribution in [0.25, 0.3) is 0 Å². The lowest BCUT2D eigenvalue weighted by Gasteiger charge is -2.46. The zero-order valence-corrected chi connectivity index (χ0v) is 14.4. The van der Waals surface area contributed by atoms with E-state index in [9.17, 15) is 0 Å². The quantitative estimate of drug-likeness (QED) is 0.737. The number of hydrogen-bond acceptors (Lipinski definition) is 1. The van der Waals surface area contributed by atoms with Crippen molar-refractivity contribution in [3.8, 4) is 0 Å². The number of hydrogen-bond donors (Lipinski definition) is 0. The van der Waals surface area contributed by atoms with Crippen molar-refractivity contribution in [3.05, 3.63) is 33.8 Å². The Morgan fingerprint density at radius 2 is 2.00 bits per heavy atom. The third-order valence-corrected chi connectivity index (χ3v) is 6.06. The van der Waals surface area contributed by atoms with E-state index in [1.54, 1.807) is 11.1 Å². The molecule has 2 heteroatoms. The van der Waals surface area contributed by atoms with E-state index in [0.717, 1.165) is 5.92 Å². The summed E-state index contributed by atoms with van der Waals surface area (Å²) in [5.74, 6) is 1.40. The molecule has 20 heavy (non-hydrogen) atoms. The highest BCUT2D eigenvalue weighted by atomic mass is 79.9. The van der Waals surface area contributed by atoms with Gasteiger partial charge in [-0.25, -0.2) is 0 Å². The molecule has 0 aliphatic heterocycles. The lowest BCUT2D eigenvalue weighted by molar-refractivity contribution is -0.0577. The van der Waals surface area contributed by atoms with Gasteiger partial charge in [-0.3, -0.25) is 0 Å². The normalized spacial score (nSPS) is 36.3. The van der Waals surface area contributed by atoms with Gasteiger partial charge in [-0.1, -0.05) is 42.3 Å². The fraction of sp³-hybridized carbons (Fsp3) is 0.667. The van der Waals surface area contributed by atoms with Crippen molar-refractivity contribution >= 4 is 15.9 Å². The molecule has 0 bridgehead atoms. The van der Waals surface area contributed by atoms with E-state index < -0.39 is 0 Å². The fourth-order valence-electron chi connectivity index (χ4n) is 4.91. The first-order valence-corrected chi connectivity index (χ1v) is 8.66. The molecule has 0 N–H and O–H groups in total. The van der Waals surface area contributed by atoms with Crippen LogP contribution in [0.4, 0.5) is 0 Å². The smallest absolute Gasteiger partial charge is 0.0625 e. The first kappa shape index (κ1) is 14.6. The predicted molar refractivity (Wildman–Crippen MR) is 87.0 cm³/mol. The minimum absolute atomic E-state index is 0.459. The van der Waals surface area contributed by atoms with Gasteiger partial charge in [0.25, 0.3) is 0 Å². The highest BCUT2D eigenvalue weighted by Gasteiger charge is 2.46. The molecule has 1 aromatic rings. The number of benzene rings is 1. The van der Waals surface area contributed by atoms with Crippen LogP contribution in [0.5, 0.6) is 0 Å². The number of rotatable bonds is 2. The van der Waals surface area contributed by atoms with Crippen LogP contribution in [0, 0.1) is 17.3 Å². The summed E-state index contributed by atoms with van der Waals surface area (Å²) in [7, 11) is 1.89. The van der Waals surface area contributed by atoms with Crippen LogP contribution < -0.4 is 0 Å². The zero-order chi connectivity index (χ0) is 14.3. The summed E-state index contributed by atoms with van der Waals surface area (Å²) in [6, 6.07) is 6.85. The molecule has 1 saturated carbocycles. The average Bonchev–Trinajstić information content (AvgIpc) is 2.74. The predicted octanol–water partition coefficient (Wildman–Crippen LogP) is 5.01. The molecule has 0 amide bonds. The van der Waals surface area contributed by atoms with Crippen molar-refractivity contribution in [3.63, 3.8) is 0 Å². The number of ether oxygens (including phenoxy) is 1. The fourth-order valence-corrected chi connectivity index (χ4v) is 5.32. The molecule has 3 rings (SSSR count). The largest absolute Gasteiger partial charge is 0.381 e. The van der Waals surface area contributed by atoms with Gasteiger partial charge >= 0.3 is 0 Å². The van der Waals surface area contributed by atoms with E-state index in [1.165, 1.54) is 36.6 Å². The summed E-state index contributed by atoms with van der Waals surface area (Å²) < 4.78 is 7.02. The second kappa shape index (κ2) is 5.46. The molecule has 1 fully saturated rings. The molecule has 0 heterocycles. The van der Waals surface area contributed by atoms with Gasteiger partial charge in [0.15, 0.2) is 0 Å². The molecule has 1 nitrogen and oxygen atoms in total. The van der Waals surface area contributed by atoms with Crippen molar-refractivity contribution in [2.75, 3.05) is 7.11 Å². The molecular formula is C18H25BrO. The van der Waals surface area contributed by atoms with Crippen molar-refractivity contribution in [2.45, 2.75) is 52.1 Å². The number of methoxy groups -OCH3 is 1. The monoisotopic (exact) mass is 336 g/mol. The lowest BCUT2D eigenvalue weighted by Crippen LogP contribution is -2.43. The Balaban J connectivity index is 1.85. The van der Waals surface area contributed by atoms with E-state index in [2.05, 4.69) is 48.0 Å². The van der Waals surface area contributed by atoms with Crippen molar-refractivity contribution < 1.29 is 4.74 Å². The Kier molecular flexibility index (Phi) is 3.98. The second-order valence-electron chi connectivity index (χ2n) is 7.02. The molecule has 110 valence electrons. The Bertz CT molecular complexity index is 498. The Morgan fingerprint density at radius 3 is 2.70 bits per heavy atom. The SMILES string of the molecule is CC[C@@H]1C[C@@]2(Cc3ccc(Br)cc3C2)C[C@H](C)[C@H]1OC.